The number of halogens is 4. The molecule has 1 atom stereocenters. The number of sulfone groups is 2. The molecule has 2 aromatic rings. The predicted octanol–water partition coefficient (Wildman–Crippen LogP) is 3.61. The lowest BCUT2D eigenvalue weighted by molar-refractivity contribution is -0.242. The topological polar surface area (TPSA) is 118 Å². The molecule has 2 N–H and O–H groups in total. The van der Waals surface area contributed by atoms with Crippen LogP contribution in [-0.4, -0.2) is 45.4 Å². The monoisotopic (exact) mass is 525 g/mol. The van der Waals surface area contributed by atoms with Gasteiger partial charge >= 0.3 is 6.18 Å². The number of carbonyl (C=O) groups excluding carboxylic acids is 1. The molecule has 0 heterocycles. The maximum Gasteiger partial charge on any atom is 0.426 e. The minimum absolute atomic E-state index is 0.00107. The number of anilines is 1. The van der Waals surface area contributed by atoms with Gasteiger partial charge in [-0.2, -0.15) is 13.2 Å². The van der Waals surface area contributed by atoms with E-state index in [2.05, 4.69) is 0 Å². The van der Waals surface area contributed by atoms with Gasteiger partial charge in [0.2, 0.25) is 15.4 Å². The molecular formula is C20H19ClF3NO6S2. The van der Waals surface area contributed by atoms with Gasteiger partial charge in [0.05, 0.1) is 31.1 Å². The van der Waals surface area contributed by atoms with Crippen molar-refractivity contribution in [1.29, 1.82) is 0 Å². The van der Waals surface area contributed by atoms with Crippen LogP contribution < -0.4 is 5.32 Å². The Hall–Kier alpha value is -2.15. The van der Waals surface area contributed by atoms with Crippen LogP contribution in [0.3, 0.4) is 0 Å². The van der Waals surface area contributed by atoms with Gasteiger partial charge in [0, 0.05) is 0 Å². The number of hydrogen-bond donors (Lipinski definition) is 2. The number of alkyl halides is 3. The van der Waals surface area contributed by atoms with Gasteiger partial charge in [0.1, 0.15) is 0 Å². The Morgan fingerprint density at radius 2 is 1.55 bits per heavy atom. The first kappa shape index (κ1) is 25.5. The Labute approximate surface area is 193 Å². The highest BCUT2D eigenvalue weighted by molar-refractivity contribution is 7.92. The molecule has 0 radical (unpaired) electrons. The zero-order valence-corrected chi connectivity index (χ0v) is 19.4. The molecule has 180 valence electrons. The lowest BCUT2D eigenvalue weighted by Gasteiger charge is -2.25. The summed E-state index contributed by atoms with van der Waals surface area (Å²) in [6.45, 7) is 0.267. The molecule has 0 spiro atoms. The lowest BCUT2D eigenvalue weighted by atomic mass is 10.1. The van der Waals surface area contributed by atoms with Crippen molar-refractivity contribution in [3.63, 3.8) is 0 Å². The maximum atomic E-state index is 12.9. The molecule has 0 saturated heterocycles. The number of carbonyl (C=O) groups is 1. The van der Waals surface area contributed by atoms with Crippen LogP contribution >= 0.6 is 11.6 Å². The van der Waals surface area contributed by atoms with E-state index in [4.69, 9.17) is 11.6 Å². The molecule has 7 nitrogen and oxygen atoms in total. The summed E-state index contributed by atoms with van der Waals surface area (Å²) in [6, 6.07) is 7.58. The average molecular weight is 526 g/mol. The highest BCUT2D eigenvalue weighted by Crippen LogP contribution is 2.34. The van der Waals surface area contributed by atoms with E-state index in [1.54, 1.807) is 0 Å². The van der Waals surface area contributed by atoms with Crippen LogP contribution in [0, 0.1) is 5.92 Å². The summed E-state index contributed by atoms with van der Waals surface area (Å²) < 4.78 is 88.8. The number of amides is 1. The summed E-state index contributed by atoms with van der Waals surface area (Å²) in [6.07, 6.45) is -3.56. The van der Waals surface area contributed by atoms with E-state index >= 15 is 0 Å². The van der Waals surface area contributed by atoms with E-state index in [0.717, 1.165) is 43.2 Å². The molecule has 0 aliphatic heterocycles. The number of rotatable bonds is 7. The molecule has 33 heavy (non-hydrogen) atoms. The lowest BCUT2D eigenvalue weighted by Crippen LogP contribution is -2.52. The zero-order valence-electron chi connectivity index (χ0n) is 17.1. The van der Waals surface area contributed by atoms with Crippen molar-refractivity contribution >= 4 is 42.9 Å². The van der Waals surface area contributed by atoms with Gasteiger partial charge in [-0.15, -0.1) is 0 Å². The molecule has 0 bridgehead atoms. The third-order valence-corrected chi connectivity index (χ3v) is 9.12. The van der Waals surface area contributed by atoms with Crippen molar-refractivity contribution in [3.05, 3.63) is 47.5 Å². The normalized spacial score (nSPS) is 16.8. The number of nitrogens with one attached hydrogen (secondary N) is 1. The van der Waals surface area contributed by atoms with Gasteiger partial charge in [-0.3, -0.25) is 4.79 Å². The highest BCUT2D eigenvalue weighted by Gasteiger charge is 2.55. The van der Waals surface area contributed by atoms with Crippen molar-refractivity contribution < 1.29 is 39.9 Å². The van der Waals surface area contributed by atoms with Gasteiger partial charge in [-0.25, -0.2) is 16.8 Å². The number of aliphatic hydroxyl groups is 1. The average Bonchev–Trinajstić information content (AvgIpc) is 3.51. The minimum Gasteiger partial charge on any atom is -0.373 e. The molecule has 1 aliphatic rings. The molecule has 1 aliphatic carbocycles. The minimum atomic E-state index is -5.24. The van der Waals surface area contributed by atoms with E-state index in [1.165, 1.54) is 12.1 Å². The van der Waals surface area contributed by atoms with Crippen LogP contribution in [0.15, 0.2) is 57.2 Å². The molecule has 0 aromatic heterocycles. The fourth-order valence-electron chi connectivity index (χ4n) is 2.79. The summed E-state index contributed by atoms with van der Waals surface area (Å²) in [4.78, 5) is 11.3. The Morgan fingerprint density at radius 3 is 2.03 bits per heavy atom. The van der Waals surface area contributed by atoms with Crippen LogP contribution in [0.25, 0.3) is 0 Å². The van der Waals surface area contributed by atoms with Crippen LogP contribution in [-0.2, 0) is 24.5 Å². The standard InChI is InChI=1S/C20H19ClF3NO6S2/c1-19(27,20(22,23)24)18(26)25-17-9-8-15(10-16(17)21)33(30,31)14-6-4-13(5-7-14)32(28,29)11-12-2-3-12/h4-10,12,27H,2-3,11H2,1H3,(H,25,26). The fourth-order valence-corrected chi connectivity index (χ4v) is 6.07. The Kier molecular flexibility index (Phi) is 6.61. The van der Waals surface area contributed by atoms with Crippen LogP contribution in [0.5, 0.6) is 0 Å². The zero-order chi connectivity index (χ0) is 24.8. The van der Waals surface area contributed by atoms with Crippen LogP contribution in [0.1, 0.15) is 19.8 Å². The molecule has 2 aromatic carbocycles. The highest BCUT2D eigenvalue weighted by atomic mass is 35.5. The van der Waals surface area contributed by atoms with E-state index in [1.807, 2.05) is 5.32 Å². The van der Waals surface area contributed by atoms with Crippen LogP contribution in [0.4, 0.5) is 18.9 Å². The second kappa shape index (κ2) is 8.57. The maximum absolute atomic E-state index is 12.9. The largest absolute Gasteiger partial charge is 0.426 e. The molecule has 1 saturated carbocycles. The Bertz CT molecular complexity index is 1290. The Morgan fingerprint density at radius 1 is 1.03 bits per heavy atom. The molecule has 1 unspecified atom stereocenters. The van der Waals surface area contributed by atoms with E-state index in [0.29, 0.717) is 0 Å². The van der Waals surface area contributed by atoms with Crippen LogP contribution in [0.2, 0.25) is 5.02 Å². The molecule has 3 rings (SSSR count). The summed E-state index contributed by atoms with van der Waals surface area (Å²) in [5, 5.41) is 10.9. The third kappa shape index (κ3) is 5.34. The third-order valence-electron chi connectivity index (χ3n) is 5.14. The van der Waals surface area contributed by atoms with E-state index in [-0.39, 0.29) is 44.0 Å². The van der Waals surface area contributed by atoms with Gasteiger partial charge in [0.15, 0.2) is 9.84 Å². The molecule has 1 fully saturated rings. The van der Waals surface area contributed by atoms with Crippen molar-refractivity contribution in [2.45, 2.75) is 46.2 Å². The van der Waals surface area contributed by atoms with Crippen molar-refractivity contribution in [3.8, 4) is 0 Å². The second-order valence-corrected chi connectivity index (χ2v) is 12.3. The fraction of sp³-hybridized carbons (Fsp3) is 0.350. The summed E-state index contributed by atoms with van der Waals surface area (Å²) >= 11 is 5.95. The van der Waals surface area contributed by atoms with Gasteiger partial charge < -0.3 is 10.4 Å². The SMILES string of the molecule is CC(O)(C(=O)Nc1ccc(S(=O)(=O)c2ccc(S(=O)(=O)CC3CC3)cc2)cc1Cl)C(F)(F)F. The van der Waals surface area contributed by atoms with E-state index in [9.17, 15) is 39.9 Å². The summed E-state index contributed by atoms with van der Waals surface area (Å²) in [5.74, 6) is -1.67. The quantitative estimate of drug-likeness (QED) is 0.570. The smallest absolute Gasteiger partial charge is 0.373 e. The molecule has 13 heteroatoms. The van der Waals surface area contributed by atoms with Crippen molar-refractivity contribution in [2.75, 3.05) is 11.1 Å². The van der Waals surface area contributed by atoms with Crippen molar-refractivity contribution in [2.24, 2.45) is 5.92 Å². The Balaban J connectivity index is 1.83. The molecular weight excluding hydrogens is 507 g/mol. The molecule has 1 amide bonds. The first-order valence-corrected chi connectivity index (χ1v) is 13.0. The number of hydrogen-bond acceptors (Lipinski definition) is 6. The number of benzene rings is 2. The first-order chi connectivity index (χ1) is 15.1. The van der Waals surface area contributed by atoms with Gasteiger partial charge in [-0.05, 0) is 68.1 Å². The predicted molar refractivity (Wildman–Crippen MR) is 113 cm³/mol. The van der Waals surface area contributed by atoms with Gasteiger partial charge in [0.25, 0.3) is 5.91 Å². The summed E-state index contributed by atoms with van der Waals surface area (Å²) in [7, 11) is -7.68. The van der Waals surface area contributed by atoms with E-state index < -0.39 is 37.4 Å². The second-order valence-electron chi connectivity index (χ2n) is 7.87. The first-order valence-electron chi connectivity index (χ1n) is 9.54. The van der Waals surface area contributed by atoms with Crippen molar-refractivity contribution in [1.82, 2.24) is 0 Å². The van der Waals surface area contributed by atoms with Gasteiger partial charge in [-0.1, -0.05) is 11.6 Å². The summed E-state index contributed by atoms with van der Waals surface area (Å²) in [5.41, 5.74) is -4.03.